The molecule has 2 unspecified atom stereocenters. The van der Waals surface area contributed by atoms with E-state index in [0.29, 0.717) is 24.2 Å². The van der Waals surface area contributed by atoms with Crippen molar-refractivity contribution in [2.75, 3.05) is 26.2 Å². The molecule has 0 bridgehead atoms. The van der Waals surface area contributed by atoms with Crippen LogP contribution in [0.5, 0.6) is 0 Å². The third-order valence-corrected chi connectivity index (χ3v) is 4.57. The van der Waals surface area contributed by atoms with Crippen LogP contribution in [0.15, 0.2) is 0 Å². The second kappa shape index (κ2) is 7.28. The highest BCUT2D eigenvalue weighted by molar-refractivity contribution is 5.76. The lowest BCUT2D eigenvalue weighted by atomic mass is 9.80. The molecule has 1 rings (SSSR count). The Morgan fingerprint density at radius 2 is 2.11 bits per heavy atom. The summed E-state index contributed by atoms with van der Waals surface area (Å²) >= 11 is 0. The molecular weight excluding hydrogens is 236 g/mol. The fraction of sp³-hybridized carbons (Fsp3) is 0.938. The lowest BCUT2D eigenvalue weighted by Crippen LogP contribution is -2.41. The standard InChI is InChI=1S/C16H32N2O/c1-6-18(12-14-8-7-9-17-11-14)15(19)10-13(2)16(3,4)5/h13-14,17H,6-12H2,1-5H3. The Labute approximate surface area is 119 Å². The molecule has 1 amide bonds. The van der Waals surface area contributed by atoms with Gasteiger partial charge in [0.25, 0.3) is 0 Å². The number of piperidine rings is 1. The zero-order chi connectivity index (χ0) is 14.5. The Morgan fingerprint density at radius 1 is 1.42 bits per heavy atom. The average Bonchev–Trinajstić information content (AvgIpc) is 2.35. The van der Waals surface area contributed by atoms with Crippen LogP contribution in [0.4, 0.5) is 0 Å². The van der Waals surface area contributed by atoms with E-state index >= 15 is 0 Å². The molecule has 1 fully saturated rings. The van der Waals surface area contributed by atoms with Crippen LogP contribution in [0.25, 0.3) is 0 Å². The first kappa shape index (κ1) is 16.5. The molecule has 0 spiro atoms. The lowest BCUT2D eigenvalue weighted by molar-refractivity contribution is -0.133. The van der Waals surface area contributed by atoms with Crippen molar-refractivity contribution in [1.29, 1.82) is 0 Å². The number of hydrogen-bond acceptors (Lipinski definition) is 2. The van der Waals surface area contributed by atoms with E-state index in [0.717, 1.165) is 26.2 Å². The molecule has 0 radical (unpaired) electrons. The van der Waals surface area contributed by atoms with E-state index in [1.165, 1.54) is 12.8 Å². The van der Waals surface area contributed by atoms with E-state index in [1.54, 1.807) is 0 Å². The summed E-state index contributed by atoms with van der Waals surface area (Å²) < 4.78 is 0. The molecule has 112 valence electrons. The van der Waals surface area contributed by atoms with E-state index in [9.17, 15) is 4.79 Å². The Hall–Kier alpha value is -0.570. The van der Waals surface area contributed by atoms with Gasteiger partial charge < -0.3 is 10.2 Å². The topological polar surface area (TPSA) is 32.3 Å². The Kier molecular flexibility index (Phi) is 6.31. The molecule has 1 aliphatic rings. The van der Waals surface area contributed by atoms with E-state index in [-0.39, 0.29) is 5.41 Å². The van der Waals surface area contributed by atoms with Crippen molar-refractivity contribution in [2.24, 2.45) is 17.3 Å². The van der Waals surface area contributed by atoms with Crippen molar-refractivity contribution >= 4 is 5.91 Å². The molecule has 2 atom stereocenters. The molecule has 0 aromatic heterocycles. The van der Waals surface area contributed by atoms with Gasteiger partial charge in [-0.2, -0.15) is 0 Å². The maximum absolute atomic E-state index is 12.4. The molecule has 0 aliphatic carbocycles. The van der Waals surface area contributed by atoms with Crippen LogP contribution in [0.2, 0.25) is 0 Å². The molecule has 19 heavy (non-hydrogen) atoms. The second-order valence-corrected chi connectivity index (χ2v) is 7.12. The molecule has 0 aromatic carbocycles. The van der Waals surface area contributed by atoms with Gasteiger partial charge in [-0.1, -0.05) is 27.7 Å². The highest BCUT2D eigenvalue weighted by Gasteiger charge is 2.26. The molecule has 1 N–H and O–H groups in total. The SMILES string of the molecule is CCN(CC1CCCNC1)C(=O)CC(C)C(C)(C)C. The molecule has 3 nitrogen and oxygen atoms in total. The van der Waals surface area contributed by atoms with Crippen molar-refractivity contribution in [2.45, 2.75) is 53.9 Å². The van der Waals surface area contributed by atoms with Crippen LogP contribution in [-0.4, -0.2) is 37.0 Å². The van der Waals surface area contributed by atoms with Gasteiger partial charge in [-0.05, 0) is 50.1 Å². The van der Waals surface area contributed by atoms with Gasteiger partial charge in [0, 0.05) is 19.5 Å². The Bertz CT molecular complexity index is 277. The van der Waals surface area contributed by atoms with Crippen LogP contribution in [0, 0.1) is 17.3 Å². The number of amides is 1. The number of nitrogens with one attached hydrogen (secondary N) is 1. The number of carbonyl (C=O) groups is 1. The minimum Gasteiger partial charge on any atom is -0.343 e. The van der Waals surface area contributed by atoms with Gasteiger partial charge in [0.05, 0.1) is 0 Å². The Morgan fingerprint density at radius 3 is 2.58 bits per heavy atom. The van der Waals surface area contributed by atoms with Crippen LogP contribution in [-0.2, 0) is 4.79 Å². The van der Waals surface area contributed by atoms with Gasteiger partial charge >= 0.3 is 0 Å². The third-order valence-electron chi connectivity index (χ3n) is 4.57. The summed E-state index contributed by atoms with van der Waals surface area (Å²) in [4.78, 5) is 14.5. The number of nitrogens with zero attached hydrogens (tertiary/aromatic N) is 1. The van der Waals surface area contributed by atoms with Crippen molar-refractivity contribution in [3.63, 3.8) is 0 Å². The summed E-state index contributed by atoms with van der Waals surface area (Å²) in [7, 11) is 0. The summed E-state index contributed by atoms with van der Waals surface area (Å²) in [6.07, 6.45) is 3.18. The summed E-state index contributed by atoms with van der Waals surface area (Å²) in [6.45, 7) is 14.9. The number of rotatable bonds is 5. The fourth-order valence-electron chi connectivity index (χ4n) is 2.50. The highest BCUT2D eigenvalue weighted by Crippen LogP contribution is 2.28. The number of carbonyl (C=O) groups excluding carboxylic acids is 1. The fourth-order valence-corrected chi connectivity index (χ4v) is 2.50. The minimum atomic E-state index is 0.210. The lowest BCUT2D eigenvalue weighted by Gasteiger charge is -2.32. The molecule has 1 heterocycles. The van der Waals surface area contributed by atoms with Crippen LogP contribution in [0.1, 0.15) is 53.9 Å². The predicted molar refractivity (Wildman–Crippen MR) is 81.1 cm³/mol. The van der Waals surface area contributed by atoms with Crippen LogP contribution in [0.3, 0.4) is 0 Å². The zero-order valence-electron chi connectivity index (χ0n) is 13.5. The summed E-state index contributed by atoms with van der Waals surface area (Å²) in [5.41, 5.74) is 0.210. The van der Waals surface area contributed by atoms with Gasteiger partial charge in [-0.3, -0.25) is 4.79 Å². The van der Waals surface area contributed by atoms with Crippen LogP contribution < -0.4 is 5.32 Å². The van der Waals surface area contributed by atoms with Crippen molar-refractivity contribution in [3.8, 4) is 0 Å². The van der Waals surface area contributed by atoms with Gasteiger partial charge in [-0.25, -0.2) is 0 Å². The normalized spacial score (nSPS) is 22.1. The second-order valence-electron chi connectivity index (χ2n) is 7.12. The number of hydrogen-bond donors (Lipinski definition) is 1. The largest absolute Gasteiger partial charge is 0.343 e. The van der Waals surface area contributed by atoms with Crippen LogP contribution >= 0.6 is 0 Å². The molecule has 0 saturated carbocycles. The molecule has 1 saturated heterocycles. The maximum Gasteiger partial charge on any atom is 0.222 e. The van der Waals surface area contributed by atoms with E-state index in [2.05, 4.69) is 44.8 Å². The summed E-state index contributed by atoms with van der Waals surface area (Å²) in [5.74, 6) is 1.40. The van der Waals surface area contributed by atoms with Gasteiger partial charge in [0.15, 0.2) is 0 Å². The summed E-state index contributed by atoms with van der Waals surface area (Å²) in [6, 6.07) is 0. The monoisotopic (exact) mass is 268 g/mol. The van der Waals surface area contributed by atoms with Gasteiger partial charge in [-0.15, -0.1) is 0 Å². The van der Waals surface area contributed by atoms with E-state index in [1.807, 2.05) is 0 Å². The minimum absolute atomic E-state index is 0.210. The van der Waals surface area contributed by atoms with Crippen molar-refractivity contribution in [1.82, 2.24) is 10.2 Å². The molecule has 1 aliphatic heterocycles. The van der Waals surface area contributed by atoms with E-state index < -0.39 is 0 Å². The average molecular weight is 268 g/mol. The molecule has 3 heteroatoms. The summed E-state index contributed by atoms with van der Waals surface area (Å²) in [5, 5.41) is 3.43. The molecular formula is C16H32N2O. The van der Waals surface area contributed by atoms with Crippen molar-refractivity contribution < 1.29 is 4.79 Å². The Balaban J connectivity index is 2.46. The zero-order valence-corrected chi connectivity index (χ0v) is 13.5. The molecule has 0 aromatic rings. The predicted octanol–water partition coefficient (Wildman–Crippen LogP) is 2.91. The smallest absolute Gasteiger partial charge is 0.222 e. The quantitative estimate of drug-likeness (QED) is 0.831. The third kappa shape index (κ3) is 5.52. The van der Waals surface area contributed by atoms with Crippen molar-refractivity contribution in [3.05, 3.63) is 0 Å². The maximum atomic E-state index is 12.4. The first-order valence-electron chi connectivity index (χ1n) is 7.83. The van der Waals surface area contributed by atoms with Gasteiger partial charge in [0.2, 0.25) is 5.91 Å². The first-order valence-corrected chi connectivity index (χ1v) is 7.83. The highest BCUT2D eigenvalue weighted by atomic mass is 16.2. The van der Waals surface area contributed by atoms with E-state index in [4.69, 9.17) is 0 Å². The first-order chi connectivity index (χ1) is 8.84. The van der Waals surface area contributed by atoms with Gasteiger partial charge in [0.1, 0.15) is 0 Å².